The lowest BCUT2D eigenvalue weighted by Gasteiger charge is -2.14. The van der Waals surface area contributed by atoms with E-state index in [2.05, 4.69) is 22.8 Å². The number of hydrogen-bond donors (Lipinski definition) is 2. The number of benzene rings is 4. The quantitative estimate of drug-likeness (QED) is 0.231. The van der Waals surface area contributed by atoms with Crippen molar-refractivity contribution in [2.24, 2.45) is 0 Å². The Bertz CT molecular complexity index is 1620. The largest absolute Gasteiger partial charge is 0.455 e. The van der Waals surface area contributed by atoms with E-state index in [1.54, 1.807) is 25.2 Å². The van der Waals surface area contributed by atoms with Crippen LogP contribution in [0.1, 0.15) is 39.6 Å². The fourth-order valence-corrected chi connectivity index (χ4v) is 4.68. The highest BCUT2D eigenvalue weighted by Gasteiger charge is 2.22. The molecule has 1 atom stereocenters. The Balaban J connectivity index is 1.41. The van der Waals surface area contributed by atoms with Crippen LogP contribution in [-0.2, 0) is 6.42 Å². The van der Waals surface area contributed by atoms with Crippen LogP contribution >= 0.6 is 0 Å². The third kappa shape index (κ3) is 5.75. The van der Waals surface area contributed by atoms with Gasteiger partial charge in [0, 0.05) is 29.6 Å². The molecular weight excluding hydrogens is 491 g/mol. The predicted molar refractivity (Wildman–Crippen MR) is 152 cm³/mol. The van der Waals surface area contributed by atoms with Gasteiger partial charge in [0.2, 0.25) is 0 Å². The summed E-state index contributed by atoms with van der Waals surface area (Å²) in [6, 6.07) is 29.1. The monoisotopic (exact) mass is 520 g/mol. The zero-order valence-corrected chi connectivity index (χ0v) is 21.8. The summed E-state index contributed by atoms with van der Waals surface area (Å²) in [6.07, 6.45) is 1.73. The second-order valence-electron chi connectivity index (χ2n) is 9.58. The second-order valence-corrected chi connectivity index (χ2v) is 9.58. The number of rotatable bonds is 8. The van der Waals surface area contributed by atoms with Crippen molar-refractivity contribution in [2.45, 2.75) is 25.8 Å². The Kier molecular flexibility index (Phi) is 7.55. The zero-order valence-electron chi connectivity index (χ0n) is 21.8. The van der Waals surface area contributed by atoms with Crippen LogP contribution in [0, 0.1) is 5.82 Å². The number of nitrogens with one attached hydrogen (secondary N) is 2. The van der Waals surface area contributed by atoms with Crippen molar-refractivity contribution in [2.75, 3.05) is 7.05 Å². The van der Waals surface area contributed by atoms with Crippen LogP contribution in [0.2, 0.25) is 0 Å². The van der Waals surface area contributed by atoms with Gasteiger partial charge in [0.15, 0.2) is 0 Å². The number of carbonyl (C=O) groups is 2. The van der Waals surface area contributed by atoms with Crippen LogP contribution in [0.15, 0.2) is 101 Å². The van der Waals surface area contributed by atoms with Crippen molar-refractivity contribution in [1.29, 1.82) is 0 Å². The molecule has 39 heavy (non-hydrogen) atoms. The molecule has 0 fully saturated rings. The van der Waals surface area contributed by atoms with E-state index in [0.717, 1.165) is 24.0 Å². The first-order chi connectivity index (χ1) is 18.9. The highest BCUT2D eigenvalue weighted by Crippen LogP contribution is 2.36. The lowest BCUT2D eigenvalue weighted by atomic mass is 9.98. The minimum atomic E-state index is -0.367. The number of aryl methyl sites for hydroxylation is 1. The maximum Gasteiger partial charge on any atom is 0.255 e. The first-order valence-electron chi connectivity index (χ1n) is 12.9. The van der Waals surface area contributed by atoms with Gasteiger partial charge in [-0.1, -0.05) is 48.5 Å². The number of amides is 2. The van der Waals surface area contributed by atoms with Crippen LogP contribution < -0.4 is 10.6 Å². The van der Waals surface area contributed by atoms with Gasteiger partial charge in [0.1, 0.15) is 17.2 Å². The average molecular weight is 521 g/mol. The van der Waals surface area contributed by atoms with E-state index >= 15 is 0 Å². The van der Waals surface area contributed by atoms with Crippen LogP contribution in [0.4, 0.5) is 4.39 Å². The molecule has 1 heterocycles. The van der Waals surface area contributed by atoms with Crippen molar-refractivity contribution < 1.29 is 18.4 Å². The summed E-state index contributed by atoms with van der Waals surface area (Å²) in [7, 11) is 1.56. The number of halogens is 1. The smallest absolute Gasteiger partial charge is 0.255 e. The molecule has 2 amide bonds. The summed E-state index contributed by atoms with van der Waals surface area (Å²) >= 11 is 0. The minimum absolute atomic E-state index is 0.0173. The van der Waals surface area contributed by atoms with Crippen LogP contribution in [-0.4, -0.2) is 24.9 Å². The molecule has 5 nitrogen and oxygen atoms in total. The molecule has 0 saturated carbocycles. The summed E-state index contributed by atoms with van der Waals surface area (Å²) in [5, 5.41) is 6.41. The molecule has 0 saturated heterocycles. The molecule has 0 bridgehead atoms. The van der Waals surface area contributed by atoms with Gasteiger partial charge in [0.25, 0.3) is 11.8 Å². The van der Waals surface area contributed by atoms with Crippen molar-refractivity contribution in [3.05, 3.63) is 120 Å². The maximum atomic E-state index is 13.5. The minimum Gasteiger partial charge on any atom is -0.455 e. The fourth-order valence-electron chi connectivity index (χ4n) is 4.68. The lowest BCUT2D eigenvalue weighted by molar-refractivity contribution is 0.0936. The van der Waals surface area contributed by atoms with Crippen molar-refractivity contribution in [3.8, 4) is 22.5 Å². The standard InChI is InChI=1S/C33H29FN2O3/c1-21(11-12-22-7-4-3-5-8-22)36-32(37)26-10-6-9-24(19-26)25-15-18-29-28(20-25)30(33(38)35-2)31(39-29)23-13-16-27(34)17-14-23/h3-10,13-21H,11-12H2,1-2H3,(H,35,38)(H,36,37). The normalized spacial score (nSPS) is 11.8. The van der Waals surface area contributed by atoms with Gasteiger partial charge in [-0.3, -0.25) is 9.59 Å². The fraction of sp³-hybridized carbons (Fsp3) is 0.152. The molecule has 5 aromatic rings. The van der Waals surface area contributed by atoms with Gasteiger partial charge < -0.3 is 15.1 Å². The van der Waals surface area contributed by atoms with Gasteiger partial charge in [-0.05, 0) is 85.0 Å². The van der Waals surface area contributed by atoms with Crippen LogP contribution in [0.25, 0.3) is 33.4 Å². The molecule has 0 spiro atoms. The summed E-state index contributed by atoms with van der Waals surface area (Å²) in [5.74, 6) is -0.429. The third-order valence-electron chi connectivity index (χ3n) is 6.79. The Morgan fingerprint density at radius 1 is 0.821 bits per heavy atom. The van der Waals surface area contributed by atoms with Crippen molar-refractivity contribution >= 4 is 22.8 Å². The zero-order chi connectivity index (χ0) is 27.4. The van der Waals surface area contributed by atoms with Gasteiger partial charge in [-0.2, -0.15) is 0 Å². The second kappa shape index (κ2) is 11.4. The molecule has 0 aliphatic heterocycles. The van der Waals surface area contributed by atoms with E-state index in [1.165, 1.54) is 17.7 Å². The van der Waals surface area contributed by atoms with E-state index in [-0.39, 0.29) is 23.7 Å². The van der Waals surface area contributed by atoms with Crippen molar-refractivity contribution in [3.63, 3.8) is 0 Å². The lowest BCUT2D eigenvalue weighted by Crippen LogP contribution is -2.32. The summed E-state index contributed by atoms with van der Waals surface area (Å²) < 4.78 is 19.6. The van der Waals surface area contributed by atoms with E-state index in [0.29, 0.717) is 33.4 Å². The van der Waals surface area contributed by atoms with Gasteiger partial charge in [0.05, 0.1) is 5.56 Å². The van der Waals surface area contributed by atoms with Gasteiger partial charge in [-0.25, -0.2) is 4.39 Å². The van der Waals surface area contributed by atoms with E-state index in [1.807, 2.05) is 61.5 Å². The first-order valence-corrected chi connectivity index (χ1v) is 12.9. The van der Waals surface area contributed by atoms with Crippen LogP contribution in [0.5, 0.6) is 0 Å². The van der Waals surface area contributed by atoms with Crippen molar-refractivity contribution in [1.82, 2.24) is 10.6 Å². The topological polar surface area (TPSA) is 71.3 Å². The SMILES string of the molecule is CNC(=O)c1c(-c2ccc(F)cc2)oc2ccc(-c3cccc(C(=O)NC(C)CCc4ccccc4)c3)cc12. The van der Waals surface area contributed by atoms with Gasteiger partial charge in [-0.15, -0.1) is 0 Å². The number of furan rings is 1. The number of fused-ring (bicyclic) bond motifs is 1. The summed E-state index contributed by atoms with van der Waals surface area (Å²) in [4.78, 5) is 25.9. The Morgan fingerprint density at radius 3 is 2.28 bits per heavy atom. The number of carbonyl (C=O) groups excluding carboxylic acids is 2. The maximum absolute atomic E-state index is 13.5. The highest BCUT2D eigenvalue weighted by molar-refractivity contribution is 6.11. The molecule has 6 heteroatoms. The first kappa shape index (κ1) is 25.9. The van der Waals surface area contributed by atoms with E-state index in [9.17, 15) is 14.0 Å². The number of hydrogen-bond acceptors (Lipinski definition) is 3. The molecule has 2 N–H and O–H groups in total. The van der Waals surface area contributed by atoms with E-state index in [4.69, 9.17) is 4.42 Å². The Hall–Kier alpha value is -4.71. The molecule has 4 aromatic carbocycles. The van der Waals surface area contributed by atoms with Crippen LogP contribution in [0.3, 0.4) is 0 Å². The molecule has 5 rings (SSSR count). The molecular formula is C33H29FN2O3. The average Bonchev–Trinajstić information content (AvgIpc) is 3.35. The molecule has 196 valence electrons. The molecule has 0 radical (unpaired) electrons. The Labute approximate surface area is 226 Å². The van der Waals surface area contributed by atoms with E-state index < -0.39 is 0 Å². The molecule has 0 aliphatic carbocycles. The molecule has 0 aliphatic rings. The summed E-state index contributed by atoms with van der Waals surface area (Å²) in [6.45, 7) is 2.01. The third-order valence-corrected chi connectivity index (χ3v) is 6.79. The highest BCUT2D eigenvalue weighted by atomic mass is 19.1. The molecule has 1 unspecified atom stereocenters. The van der Waals surface area contributed by atoms with Gasteiger partial charge >= 0.3 is 0 Å². The predicted octanol–water partition coefficient (Wildman–Crippen LogP) is 7.02. The molecule has 1 aromatic heterocycles. The Morgan fingerprint density at radius 2 is 1.54 bits per heavy atom. The summed E-state index contributed by atoms with van der Waals surface area (Å²) in [5.41, 5.74) is 5.01.